The molecule has 1 aliphatic rings. The summed E-state index contributed by atoms with van der Waals surface area (Å²) in [5, 5.41) is 8.60. The van der Waals surface area contributed by atoms with Gasteiger partial charge in [0.15, 0.2) is 0 Å². The van der Waals surface area contributed by atoms with Gasteiger partial charge in [0, 0.05) is 13.0 Å². The number of aliphatic carboxylic acids is 1. The zero-order chi connectivity index (χ0) is 12.1. The molecule has 1 heterocycles. The summed E-state index contributed by atoms with van der Waals surface area (Å²) in [5.41, 5.74) is 5.32. The number of rotatable bonds is 6. The number of nitrogens with zero attached hydrogens (tertiary/aromatic N) is 1. The summed E-state index contributed by atoms with van der Waals surface area (Å²) in [5.74, 6) is -0.633. The molecular formula is C11H20N2O3. The van der Waals surface area contributed by atoms with E-state index in [1.54, 1.807) is 0 Å². The molecule has 1 rings (SSSR count). The lowest BCUT2D eigenvalue weighted by Crippen LogP contribution is -2.43. The number of hydrogen-bond acceptors (Lipinski definition) is 3. The number of carbonyl (C=O) groups excluding carboxylic acids is 1. The van der Waals surface area contributed by atoms with Gasteiger partial charge < -0.3 is 10.8 Å². The molecule has 92 valence electrons. The fourth-order valence-electron chi connectivity index (χ4n) is 2.35. The lowest BCUT2D eigenvalue weighted by molar-refractivity contribution is -0.137. The topological polar surface area (TPSA) is 83.6 Å². The number of hydrogen-bond donors (Lipinski definition) is 2. The Bertz CT molecular complexity index is 268. The van der Waals surface area contributed by atoms with Gasteiger partial charge in [0.05, 0.1) is 6.04 Å². The molecule has 0 spiro atoms. The standard InChI is InChI=1S/C11H20N2O3/c1-2-9(11(12)16)13-6-5-8(7-13)3-4-10(14)15/h8-9H,2-7H2,1H3,(H2,12,16)(H,14,15). The van der Waals surface area contributed by atoms with Gasteiger partial charge in [-0.3, -0.25) is 14.5 Å². The van der Waals surface area contributed by atoms with Gasteiger partial charge >= 0.3 is 5.97 Å². The molecule has 0 radical (unpaired) electrons. The number of carboxylic acids is 1. The van der Waals surface area contributed by atoms with Crippen molar-refractivity contribution in [2.75, 3.05) is 13.1 Å². The van der Waals surface area contributed by atoms with Crippen molar-refractivity contribution in [2.24, 2.45) is 11.7 Å². The second-order valence-corrected chi connectivity index (χ2v) is 4.41. The lowest BCUT2D eigenvalue weighted by Gasteiger charge is -2.23. The summed E-state index contributed by atoms with van der Waals surface area (Å²) in [6.45, 7) is 3.60. The number of nitrogens with two attached hydrogens (primary N) is 1. The number of likely N-dealkylation sites (tertiary alicyclic amines) is 1. The maximum Gasteiger partial charge on any atom is 0.303 e. The van der Waals surface area contributed by atoms with E-state index in [2.05, 4.69) is 4.90 Å². The van der Waals surface area contributed by atoms with Crippen molar-refractivity contribution in [3.63, 3.8) is 0 Å². The monoisotopic (exact) mass is 228 g/mol. The van der Waals surface area contributed by atoms with Crippen molar-refractivity contribution >= 4 is 11.9 Å². The molecular weight excluding hydrogens is 208 g/mol. The summed E-state index contributed by atoms with van der Waals surface area (Å²) in [6, 6.07) is -0.185. The van der Waals surface area contributed by atoms with Crippen LogP contribution in [0.5, 0.6) is 0 Å². The third kappa shape index (κ3) is 3.48. The van der Waals surface area contributed by atoms with Crippen molar-refractivity contribution in [1.29, 1.82) is 0 Å². The summed E-state index contributed by atoms with van der Waals surface area (Å²) >= 11 is 0. The van der Waals surface area contributed by atoms with E-state index in [9.17, 15) is 9.59 Å². The zero-order valence-corrected chi connectivity index (χ0v) is 9.69. The van der Waals surface area contributed by atoms with E-state index in [4.69, 9.17) is 10.8 Å². The highest BCUT2D eigenvalue weighted by atomic mass is 16.4. The molecule has 1 saturated heterocycles. The van der Waals surface area contributed by atoms with E-state index < -0.39 is 5.97 Å². The van der Waals surface area contributed by atoms with Crippen LogP contribution < -0.4 is 5.73 Å². The van der Waals surface area contributed by atoms with E-state index in [0.29, 0.717) is 12.3 Å². The Morgan fingerprint density at radius 2 is 2.25 bits per heavy atom. The first-order valence-electron chi connectivity index (χ1n) is 5.79. The number of carbonyl (C=O) groups is 2. The van der Waals surface area contributed by atoms with E-state index in [-0.39, 0.29) is 18.4 Å². The summed E-state index contributed by atoms with van der Waals surface area (Å²) in [6.07, 6.45) is 2.60. The Morgan fingerprint density at radius 1 is 1.56 bits per heavy atom. The molecule has 0 aliphatic carbocycles. The third-order valence-corrected chi connectivity index (χ3v) is 3.24. The largest absolute Gasteiger partial charge is 0.481 e. The molecule has 5 nitrogen and oxygen atoms in total. The predicted molar refractivity (Wildman–Crippen MR) is 59.8 cm³/mol. The van der Waals surface area contributed by atoms with Crippen molar-refractivity contribution in [3.8, 4) is 0 Å². The van der Waals surface area contributed by atoms with Crippen LogP contribution in [-0.2, 0) is 9.59 Å². The second kappa shape index (κ2) is 5.84. The third-order valence-electron chi connectivity index (χ3n) is 3.24. The van der Waals surface area contributed by atoms with Crippen LogP contribution in [0.2, 0.25) is 0 Å². The molecule has 0 bridgehead atoms. The molecule has 0 aromatic heterocycles. The Kier molecular flexibility index (Phi) is 4.73. The van der Waals surface area contributed by atoms with Crippen molar-refractivity contribution in [3.05, 3.63) is 0 Å². The normalized spacial score (nSPS) is 23.2. The van der Waals surface area contributed by atoms with Crippen molar-refractivity contribution in [2.45, 2.75) is 38.6 Å². The predicted octanol–water partition coefficient (Wildman–Crippen LogP) is 0.437. The number of carboxylic acid groups (broad SMARTS) is 1. The number of amides is 1. The van der Waals surface area contributed by atoms with E-state index in [1.807, 2.05) is 6.92 Å². The van der Waals surface area contributed by atoms with E-state index >= 15 is 0 Å². The van der Waals surface area contributed by atoms with E-state index in [0.717, 1.165) is 25.9 Å². The van der Waals surface area contributed by atoms with Crippen LogP contribution in [0.4, 0.5) is 0 Å². The molecule has 0 saturated carbocycles. The molecule has 2 atom stereocenters. The van der Waals surface area contributed by atoms with Gasteiger partial charge in [0.1, 0.15) is 0 Å². The average Bonchev–Trinajstić information content (AvgIpc) is 2.64. The molecule has 16 heavy (non-hydrogen) atoms. The first kappa shape index (κ1) is 13.0. The minimum absolute atomic E-state index is 0.185. The van der Waals surface area contributed by atoms with Gasteiger partial charge in [0.25, 0.3) is 0 Å². The maximum atomic E-state index is 11.2. The van der Waals surface area contributed by atoms with Crippen LogP contribution in [-0.4, -0.2) is 41.0 Å². The molecule has 1 aliphatic heterocycles. The minimum atomic E-state index is -0.750. The molecule has 3 N–H and O–H groups in total. The van der Waals surface area contributed by atoms with Crippen LogP contribution in [0, 0.1) is 5.92 Å². The average molecular weight is 228 g/mol. The van der Waals surface area contributed by atoms with Crippen molar-refractivity contribution < 1.29 is 14.7 Å². The van der Waals surface area contributed by atoms with Gasteiger partial charge in [0.2, 0.25) is 5.91 Å². The molecule has 5 heteroatoms. The molecule has 1 fully saturated rings. The number of primary amides is 1. The van der Waals surface area contributed by atoms with Crippen molar-refractivity contribution in [1.82, 2.24) is 4.90 Å². The van der Waals surface area contributed by atoms with Crippen LogP contribution in [0.3, 0.4) is 0 Å². The lowest BCUT2D eigenvalue weighted by atomic mass is 10.0. The second-order valence-electron chi connectivity index (χ2n) is 4.41. The van der Waals surface area contributed by atoms with E-state index in [1.165, 1.54) is 0 Å². The molecule has 1 amide bonds. The van der Waals surface area contributed by atoms with Gasteiger partial charge in [-0.15, -0.1) is 0 Å². The molecule has 2 unspecified atom stereocenters. The first-order valence-corrected chi connectivity index (χ1v) is 5.79. The SMILES string of the molecule is CCC(C(N)=O)N1CCC(CCC(=O)O)C1. The zero-order valence-electron chi connectivity index (χ0n) is 9.69. The summed E-state index contributed by atoms with van der Waals surface area (Å²) in [7, 11) is 0. The maximum absolute atomic E-state index is 11.2. The highest BCUT2D eigenvalue weighted by Gasteiger charge is 2.30. The van der Waals surface area contributed by atoms with Gasteiger partial charge in [-0.05, 0) is 31.7 Å². The Morgan fingerprint density at radius 3 is 2.75 bits per heavy atom. The minimum Gasteiger partial charge on any atom is -0.481 e. The Balaban J connectivity index is 2.39. The van der Waals surface area contributed by atoms with Crippen LogP contribution >= 0.6 is 0 Å². The fraction of sp³-hybridized carbons (Fsp3) is 0.818. The highest BCUT2D eigenvalue weighted by molar-refractivity contribution is 5.79. The fourth-order valence-corrected chi connectivity index (χ4v) is 2.35. The smallest absolute Gasteiger partial charge is 0.303 e. The summed E-state index contributed by atoms with van der Waals surface area (Å²) < 4.78 is 0. The Hall–Kier alpha value is -1.10. The quantitative estimate of drug-likeness (QED) is 0.691. The van der Waals surface area contributed by atoms with Gasteiger partial charge in [-0.2, -0.15) is 0 Å². The Labute approximate surface area is 95.6 Å². The van der Waals surface area contributed by atoms with Crippen LogP contribution in [0.15, 0.2) is 0 Å². The van der Waals surface area contributed by atoms with Gasteiger partial charge in [-0.25, -0.2) is 0 Å². The first-order chi connectivity index (χ1) is 7.54. The molecule has 0 aromatic carbocycles. The van der Waals surface area contributed by atoms with Gasteiger partial charge in [-0.1, -0.05) is 6.92 Å². The van der Waals surface area contributed by atoms with Crippen LogP contribution in [0.25, 0.3) is 0 Å². The van der Waals surface area contributed by atoms with Crippen LogP contribution in [0.1, 0.15) is 32.6 Å². The highest BCUT2D eigenvalue weighted by Crippen LogP contribution is 2.23. The summed E-state index contributed by atoms with van der Waals surface area (Å²) in [4.78, 5) is 23.7. The molecule has 0 aromatic rings.